The summed E-state index contributed by atoms with van der Waals surface area (Å²) in [6.45, 7) is 3.09. The first-order chi connectivity index (χ1) is 8.69. The van der Waals surface area contributed by atoms with Crippen molar-refractivity contribution in [2.24, 2.45) is 0 Å². The van der Waals surface area contributed by atoms with E-state index in [0.717, 1.165) is 19.6 Å². The molecular weight excluding hydrogens is 228 g/mol. The summed E-state index contributed by atoms with van der Waals surface area (Å²) in [6.07, 6.45) is 2.46. The first-order valence-corrected chi connectivity index (χ1v) is 6.41. The molecule has 18 heavy (non-hydrogen) atoms. The van der Waals surface area contributed by atoms with Gasteiger partial charge in [-0.3, -0.25) is 4.90 Å². The van der Waals surface area contributed by atoms with Gasteiger partial charge in [0.05, 0.1) is 5.56 Å². The first-order valence-electron chi connectivity index (χ1n) is 6.41. The van der Waals surface area contributed by atoms with Crippen LogP contribution in [0, 0.1) is 0 Å². The fourth-order valence-electron chi connectivity index (χ4n) is 2.45. The largest absolute Gasteiger partial charge is 0.478 e. The Bertz CT molecular complexity index is 403. The molecular formula is C14H20N2O2. The number of hydrogen-bond donors (Lipinski definition) is 2. The number of piperidine rings is 1. The molecule has 4 heteroatoms. The Morgan fingerprint density at radius 2 is 2.17 bits per heavy atom. The van der Waals surface area contributed by atoms with Gasteiger partial charge in [0.25, 0.3) is 0 Å². The molecule has 0 unspecified atom stereocenters. The predicted molar refractivity (Wildman–Crippen MR) is 70.8 cm³/mol. The number of carbonyl (C=O) groups is 1. The molecule has 1 fully saturated rings. The molecule has 1 saturated heterocycles. The second-order valence-corrected chi connectivity index (χ2v) is 4.87. The van der Waals surface area contributed by atoms with Crippen molar-refractivity contribution in [1.29, 1.82) is 0 Å². The van der Waals surface area contributed by atoms with Crippen molar-refractivity contribution < 1.29 is 9.90 Å². The maximum atomic E-state index is 10.8. The van der Waals surface area contributed by atoms with Crippen LogP contribution in [-0.4, -0.2) is 42.2 Å². The summed E-state index contributed by atoms with van der Waals surface area (Å²) in [5.74, 6) is -0.866. The molecule has 0 aromatic heterocycles. The minimum atomic E-state index is -0.866. The third kappa shape index (κ3) is 3.31. The van der Waals surface area contributed by atoms with E-state index in [0.29, 0.717) is 11.6 Å². The highest BCUT2D eigenvalue weighted by atomic mass is 16.4. The Balaban J connectivity index is 1.94. The Labute approximate surface area is 108 Å². The first kappa shape index (κ1) is 13.1. The lowest BCUT2D eigenvalue weighted by atomic mass is 10.0. The minimum absolute atomic E-state index is 0.352. The van der Waals surface area contributed by atoms with Crippen molar-refractivity contribution in [3.05, 3.63) is 35.4 Å². The second kappa shape index (κ2) is 5.98. The van der Waals surface area contributed by atoms with Gasteiger partial charge < -0.3 is 10.4 Å². The van der Waals surface area contributed by atoms with Crippen molar-refractivity contribution in [3.8, 4) is 0 Å². The molecule has 1 atom stereocenters. The molecule has 2 rings (SSSR count). The highest BCUT2D eigenvalue weighted by Crippen LogP contribution is 2.14. The summed E-state index contributed by atoms with van der Waals surface area (Å²) in [6, 6.07) is 7.75. The average Bonchev–Trinajstić information content (AvgIpc) is 2.39. The molecule has 98 valence electrons. The van der Waals surface area contributed by atoms with E-state index in [4.69, 9.17) is 5.11 Å². The van der Waals surface area contributed by atoms with Crippen LogP contribution in [0.3, 0.4) is 0 Å². The van der Waals surface area contributed by atoms with Gasteiger partial charge in [0.1, 0.15) is 0 Å². The zero-order valence-corrected chi connectivity index (χ0v) is 10.7. The Morgan fingerprint density at radius 1 is 1.44 bits per heavy atom. The lowest BCUT2D eigenvalue weighted by Crippen LogP contribution is -2.43. The molecule has 1 aromatic carbocycles. The van der Waals surface area contributed by atoms with Crippen LogP contribution < -0.4 is 5.32 Å². The fraction of sp³-hybridized carbons (Fsp3) is 0.500. The molecule has 0 bridgehead atoms. The zero-order chi connectivity index (χ0) is 13.0. The maximum absolute atomic E-state index is 10.8. The summed E-state index contributed by atoms with van der Waals surface area (Å²) in [5, 5.41) is 12.2. The van der Waals surface area contributed by atoms with Crippen molar-refractivity contribution in [2.45, 2.75) is 25.4 Å². The third-order valence-electron chi connectivity index (χ3n) is 3.52. The normalized spacial score (nSPS) is 20.8. The number of nitrogens with one attached hydrogen (secondary N) is 1. The van der Waals surface area contributed by atoms with Crippen LogP contribution in [0.1, 0.15) is 28.8 Å². The molecule has 1 aromatic rings. The van der Waals surface area contributed by atoms with Gasteiger partial charge in [-0.1, -0.05) is 12.1 Å². The van der Waals surface area contributed by atoms with Crippen molar-refractivity contribution in [1.82, 2.24) is 10.2 Å². The summed E-state index contributed by atoms with van der Waals surface area (Å²) in [4.78, 5) is 13.2. The van der Waals surface area contributed by atoms with Crippen LogP contribution in [0.4, 0.5) is 0 Å². The standard InChI is InChI=1S/C14H20N2O2/c1-15-13-3-2-8-16(10-13)9-11-4-6-12(7-5-11)14(17)18/h4-7,13,15H,2-3,8-10H2,1H3,(H,17,18)/t13-/m0/s1. The van der Waals surface area contributed by atoms with Crippen LogP contribution in [-0.2, 0) is 6.54 Å². The molecule has 1 aliphatic rings. The number of hydrogen-bond acceptors (Lipinski definition) is 3. The van der Waals surface area contributed by atoms with Crippen molar-refractivity contribution in [3.63, 3.8) is 0 Å². The van der Waals surface area contributed by atoms with Crippen LogP contribution >= 0.6 is 0 Å². The van der Waals surface area contributed by atoms with E-state index in [2.05, 4.69) is 10.2 Å². The SMILES string of the molecule is CN[C@H]1CCCN(Cc2ccc(C(=O)O)cc2)C1. The number of likely N-dealkylation sites (tertiary alicyclic amines) is 1. The van der Waals surface area contributed by atoms with E-state index >= 15 is 0 Å². The molecule has 0 spiro atoms. The molecule has 0 radical (unpaired) electrons. The quantitative estimate of drug-likeness (QED) is 0.849. The molecule has 1 heterocycles. The summed E-state index contributed by atoms with van der Waals surface area (Å²) >= 11 is 0. The van der Waals surface area contributed by atoms with E-state index < -0.39 is 5.97 Å². The fourth-order valence-corrected chi connectivity index (χ4v) is 2.45. The predicted octanol–water partition coefficient (Wildman–Crippen LogP) is 1.57. The van der Waals surface area contributed by atoms with E-state index in [1.807, 2.05) is 19.2 Å². The molecule has 0 aliphatic carbocycles. The van der Waals surface area contributed by atoms with Gasteiger partial charge in [-0.2, -0.15) is 0 Å². The van der Waals surface area contributed by atoms with Gasteiger partial charge in [0, 0.05) is 19.1 Å². The van der Waals surface area contributed by atoms with Crippen LogP contribution in [0.15, 0.2) is 24.3 Å². The zero-order valence-electron chi connectivity index (χ0n) is 10.7. The van der Waals surface area contributed by atoms with Gasteiger partial charge in [0.15, 0.2) is 0 Å². The van der Waals surface area contributed by atoms with Gasteiger partial charge in [-0.05, 0) is 44.1 Å². The molecule has 1 aliphatic heterocycles. The summed E-state index contributed by atoms with van der Waals surface area (Å²) in [5.41, 5.74) is 1.53. The van der Waals surface area contributed by atoms with Crippen LogP contribution in [0.25, 0.3) is 0 Å². The van der Waals surface area contributed by atoms with E-state index in [1.54, 1.807) is 12.1 Å². The summed E-state index contributed by atoms with van der Waals surface area (Å²) < 4.78 is 0. The topological polar surface area (TPSA) is 52.6 Å². The van der Waals surface area contributed by atoms with Gasteiger partial charge in [0.2, 0.25) is 0 Å². The molecule has 0 saturated carbocycles. The monoisotopic (exact) mass is 248 g/mol. The molecule has 0 amide bonds. The van der Waals surface area contributed by atoms with Crippen LogP contribution in [0.2, 0.25) is 0 Å². The Morgan fingerprint density at radius 3 is 2.78 bits per heavy atom. The highest BCUT2D eigenvalue weighted by molar-refractivity contribution is 5.87. The van der Waals surface area contributed by atoms with Gasteiger partial charge in [-0.15, -0.1) is 0 Å². The van der Waals surface area contributed by atoms with Gasteiger partial charge >= 0.3 is 5.97 Å². The lowest BCUT2D eigenvalue weighted by Gasteiger charge is -2.32. The third-order valence-corrected chi connectivity index (χ3v) is 3.52. The maximum Gasteiger partial charge on any atom is 0.335 e. The number of nitrogens with zero attached hydrogens (tertiary/aromatic N) is 1. The number of carboxylic acids is 1. The van der Waals surface area contributed by atoms with Crippen LogP contribution in [0.5, 0.6) is 0 Å². The smallest absolute Gasteiger partial charge is 0.335 e. The number of carboxylic acid groups (broad SMARTS) is 1. The highest BCUT2D eigenvalue weighted by Gasteiger charge is 2.18. The van der Waals surface area contributed by atoms with E-state index in [1.165, 1.54) is 18.4 Å². The Kier molecular flexibility index (Phi) is 4.33. The lowest BCUT2D eigenvalue weighted by molar-refractivity contribution is 0.0697. The van der Waals surface area contributed by atoms with Crippen molar-refractivity contribution in [2.75, 3.05) is 20.1 Å². The van der Waals surface area contributed by atoms with E-state index in [9.17, 15) is 4.79 Å². The average molecular weight is 248 g/mol. The number of rotatable bonds is 4. The van der Waals surface area contributed by atoms with E-state index in [-0.39, 0.29) is 0 Å². The Hall–Kier alpha value is -1.39. The second-order valence-electron chi connectivity index (χ2n) is 4.87. The number of likely N-dealkylation sites (N-methyl/N-ethyl adjacent to an activating group) is 1. The minimum Gasteiger partial charge on any atom is -0.478 e. The molecule has 2 N–H and O–H groups in total. The number of aromatic carboxylic acids is 1. The summed E-state index contributed by atoms with van der Waals surface area (Å²) in [7, 11) is 2.01. The van der Waals surface area contributed by atoms with Gasteiger partial charge in [-0.25, -0.2) is 4.79 Å². The van der Waals surface area contributed by atoms with Crippen molar-refractivity contribution >= 4 is 5.97 Å². The number of benzene rings is 1. The molecule has 4 nitrogen and oxygen atoms in total.